The largest absolute Gasteiger partial charge is 0.384 e. The third-order valence-electron chi connectivity index (χ3n) is 6.80. The van der Waals surface area contributed by atoms with Gasteiger partial charge in [-0.15, -0.1) is 0 Å². The van der Waals surface area contributed by atoms with Gasteiger partial charge in [-0.25, -0.2) is 4.39 Å². The molecule has 0 saturated carbocycles. The number of Topliss-reactive ketones (excluding diaryl/α,β-unsaturated/α-hetero) is 1. The molecule has 5 rings (SSSR count). The quantitative estimate of drug-likeness (QED) is 0.554. The van der Waals surface area contributed by atoms with Crippen LogP contribution in [0.1, 0.15) is 37.8 Å². The third kappa shape index (κ3) is 2.90. The summed E-state index contributed by atoms with van der Waals surface area (Å²) in [5.74, 6) is -1.37. The van der Waals surface area contributed by atoms with Crippen molar-refractivity contribution in [2.24, 2.45) is 11.1 Å². The van der Waals surface area contributed by atoms with Crippen LogP contribution in [0.3, 0.4) is 0 Å². The van der Waals surface area contributed by atoms with E-state index in [1.54, 1.807) is 18.2 Å². The first kappa shape index (κ1) is 22.4. The molecule has 1 unspecified atom stereocenters. The normalized spacial score (nSPS) is 23.1. The minimum atomic E-state index is -1.68. The van der Waals surface area contributed by atoms with Crippen LogP contribution >= 0.6 is 15.9 Å². The zero-order chi connectivity index (χ0) is 24.6. The van der Waals surface area contributed by atoms with Crippen molar-refractivity contribution in [2.75, 3.05) is 10.2 Å². The van der Waals surface area contributed by atoms with Crippen LogP contribution in [0.2, 0.25) is 0 Å². The number of hydrogen-bond donors (Lipinski definition) is 2. The first-order chi connectivity index (χ1) is 16.0. The molecule has 3 N–H and O–H groups in total. The molecule has 0 aromatic heterocycles. The molecular weight excluding hydrogens is 499 g/mol. The number of aryl methyl sites for hydroxylation is 1. The molecule has 1 atom stereocenters. The van der Waals surface area contributed by atoms with E-state index < -0.39 is 22.6 Å². The van der Waals surface area contributed by atoms with Gasteiger partial charge in [-0.1, -0.05) is 47.5 Å². The lowest BCUT2D eigenvalue weighted by Gasteiger charge is -2.46. The van der Waals surface area contributed by atoms with Gasteiger partial charge in [-0.2, -0.15) is 5.26 Å². The predicted molar refractivity (Wildman–Crippen MR) is 130 cm³/mol. The van der Waals surface area contributed by atoms with Gasteiger partial charge in [0, 0.05) is 33.4 Å². The molecular formula is C26H22BrFN4O2. The monoisotopic (exact) mass is 520 g/mol. The minimum Gasteiger partial charge on any atom is -0.384 e. The van der Waals surface area contributed by atoms with Gasteiger partial charge in [0.25, 0.3) is 0 Å². The Morgan fingerprint density at radius 2 is 1.91 bits per heavy atom. The van der Waals surface area contributed by atoms with Crippen LogP contribution in [-0.4, -0.2) is 11.7 Å². The first-order valence-corrected chi connectivity index (χ1v) is 11.7. The van der Waals surface area contributed by atoms with Gasteiger partial charge in [0.15, 0.2) is 5.78 Å². The molecule has 2 aromatic rings. The van der Waals surface area contributed by atoms with Crippen molar-refractivity contribution >= 4 is 39.0 Å². The Bertz CT molecular complexity index is 1420. The number of nitrogens with two attached hydrogens (primary N) is 1. The topological polar surface area (TPSA) is 99.2 Å². The Morgan fingerprint density at radius 1 is 1.18 bits per heavy atom. The van der Waals surface area contributed by atoms with Crippen molar-refractivity contribution < 1.29 is 14.0 Å². The van der Waals surface area contributed by atoms with E-state index in [4.69, 9.17) is 5.73 Å². The van der Waals surface area contributed by atoms with E-state index in [1.165, 1.54) is 11.0 Å². The summed E-state index contributed by atoms with van der Waals surface area (Å²) in [5.41, 5.74) is 7.09. The summed E-state index contributed by atoms with van der Waals surface area (Å²) in [6.45, 7) is 5.78. The second-order valence-corrected chi connectivity index (χ2v) is 10.7. The lowest BCUT2D eigenvalue weighted by Crippen LogP contribution is -2.52. The van der Waals surface area contributed by atoms with Crippen LogP contribution in [0, 0.1) is 29.5 Å². The first-order valence-electron chi connectivity index (χ1n) is 10.9. The number of carbonyl (C=O) groups is 2. The molecule has 3 aliphatic rings. The van der Waals surface area contributed by atoms with E-state index in [1.807, 2.05) is 32.9 Å². The number of halogens is 2. The minimum absolute atomic E-state index is 0.0579. The van der Waals surface area contributed by atoms with E-state index in [9.17, 15) is 14.9 Å². The van der Waals surface area contributed by atoms with Crippen molar-refractivity contribution in [1.29, 1.82) is 5.26 Å². The summed E-state index contributed by atoms with van der Waals surface area (Å²) in [7, 11) is 0. The Balaban J connectivity index is 1.92. The van der Waals surface area contributed by atoms with Gasteiger partial charge >= 0.3 is 0 Å². The number of fused-ring (bicyclic) bond motifs is 3. The lowest BCUT2D eigenvalue weighted by molar-refractivity contribution is -0.123. The Kier molecular flexibility index (Phi) is 4.79. The molecule has 8 heteroatoms. The van der Waals surface area contributed by atoms with Crippen LogP contribution in [-0.2, 0) is 15.0 Å². The zero-order valence-electron chi connectivity index (χ0n) is 18.9. The maximum Gasteiger partial charge on any atom is 0.245 e. The number of nitrogens with zero attached hydrogens (tertiary/aromatic N) is 2. The Labute approximate surface area is 205 Å². The van der Waals surface area contributed by atoms with Gasteiger partial charge in [-0.05, 0) is 43.0 Å². The number of rotatable bonds is 1. The zero-order valence-corrected chi connectivity index (χ0v) is 20.5. The van der Waals surface area contributed by atoms with E-state index in [0.29, 0.717) is 27.8 Å². The summed E-state index contributed by atoms with van der Waals surface area (Å²) in [4.78, 5) is 28.9. The SMILES string of the molecule is Cc1ccc2c(c1)C1(C(=O)N2)C(C#N)=C(N)N(c2ccc(Br)cc2F)C2=C1C(=O)CC(C)(C)C2. The molecule has 2 heterocycles. The molecule has 1 amide bonds. The number of anilines is 2. The Hall–Kier alpha value is -3.44. The van der Waals surface area contributed by atoms with Gasteiger partial charge in [-0.3, -0.25) is 14.5 Å². The van der Waals surface area contributed by atoms with Gasteiger partial charge in [0.05, 0.1) is 11.3 Å². The fourth-order valence-corrected chi connectivity index (χ4v) is 5.80. The molecule has 0 radical (unpaired) electrons. The van der Waals surface area contributed by atoms with Crippen LogP contribution in [0.5, 0.6) is 0 Å². The maximum absolute atomic E-state index is 15.2. The number of carbonyl (C=O) groups excluding carboxylic acids is 2. The van der Waals surface area contributed by atoms with Crippen LogP contribution in [0.4, 0.5) is 15.8 Å². The number of hydrogen-bond acceptors (Lipinski definition) is 5. The fraction of sp³-hybridized carbons (Fsp3) is 0.269. The van der Waals surface area contributed by atoms with Crippen molar-refractivity contribution in [3.05, 3.63) is 80.5 Å². The molecule has 172 valence electrons. The molecule has 1 spiro atoms. The van der Waals surface area contributed by atoms with Crippen LogP contribution < -0.4 is 16.0 Å². The summed E-state index contributed by atoms with van der Waals surface area (Å²) in [5, 5.41) is 13.2. The molecule has 2 aliphatic heterocycles. The second-order valence-electron chi connectivity index (χ2n) is 9.82. The van der Waals surface area contributed by atoms with Crippen molar-refractivity contribution in [3.8, 4) is 6.07 Å². The van der Waals surface area contributed by atoms with Crippen molar-refractivity contribution in [1.82, 2.24) is 0 Å². The highest BCUT2D eigenvalue weighted by Crippen LogP contribution is 2.57. The number of ketones is 1. The van der Waals surface area contributed by atoms with E-state index in [-0.39, 0.29) is 34.9 Å². The summed E-state index contributed by atoms with van der Waals surface area (Å²) >= 11 is 3.27. The summed E-state index contributed by atoms with van der Waals surface area (Å²) in [6, 6.07) is 12.1. The third-order valence-corrected chi connectivity index (χ3v) is 7.29. The number of amides is 1. The van der Waals surface area contributed by atoms with Crippen molar-refractivity contribution in [3.63, 3.8) is 0 Å². The van der Waals surface area contributed by atoms with Gasteiger partial charge < -0.3 is 11.1 Å². The molecule has 1 aliphatic carbocycles. The highest BCUT2D eigenvalue weighted by Gasteiger charge is 2.61. The highest BCUT2D eigenvalue weighted by molar-refractivity contribution is 9.10. The average Bonchev–Trinajstić information content (AvgIpc) is 3.00. The van der Waals surface area contributed by atoms with Gasteiger partial charge in [0.1, 0.15) is 23.1 Å². The van der Waals surface area contributed by atoms with E-state index in [2.05, 4.69) is 27.3 Å². The fourth-order valence-electron chi connectivity index (χ4n) is 5.47. The molecule has 0 fully saturated rings. The number of allylic oxidation sites excluding steroid dienone is 1. The standard InChI is InChI=1S/C26H22BrFN4O2/c1-13-4-6-18-15(8-13)26(24(34)31-18)16(12-29)23(30)32(19-7-5-14(27)9-17(19)28)20-10-25(2,3)11-21(33)22(20)26/h4-9H,10-11,30H2,1-3H3,(H,31,34). The second kappa shape index (κ2) is 7.28. The highest BCUT2D eigenvalue weighted by atomic mass is 79.9. The smallest absolute Gasteiger partial charge is 0.245 e. The number of nitrogens with one attached hydrogen (secondary N) is 1. The van der Waals surface area contributed by atoms with E-state index in [0.717, 1.165) is 5.56 Å². The molecule has 2 aromatic carbocycles. The molecule has 0 bridgehead atoms. The summed E-state index contributed by atoms with van der Waals surface area (Å²) in [6.07, 6.45) is 0.566. The Morgan fingerprint density at radius 3 is 2.59 bits per heavy atom. The number of benzene rings is 2. The molecule has 34 heavy (non-hydrogen) atoms. The van der Waals surface area contributed by atoms with Crippen LogP contribution in [0.25, 0.3) is 0 Å². The van der Waals surface area contributed by atoms with Crippen molar-refractivity contribution in [2.45, 2.75) is 39.0 Å². The molecule has 6 nitrogen and oxygen atoms in total. The van der Waals surface area contributed by atoms with Gasteiger partial charge in [0.2, 0.25) is 5.91 Å². The van der Waals surface area contributed by atoms with E-state index >= 15 is 4.39 Å². The lowest BCUT2D eigenvalue weighted by atomic mass is 9.60. The van der Waals surface area contributed by atoms with Crippen LogP contribution in [0.15, 0.2) is 63.5 Å². The number of nitriles is 1. The maximum atomic E-state index is 15.2. The predicted octanol–water partition coefficient (Wildman–Crippen LogP) is 4.94. The average molecular weight is 521 g/mol. The summed E-state index contributed by atoms with van der Waals surface area (Å²) < 4.78 is 15.7. The molecule has 0 saturated heterocycles.